The van der Waals surface area contributed by atoms with Crippen LogP contribution in [-0.4, -0.2) is 18.1 Å². The normalized spacial score (nSPS) is 23.7. The summed E-state index contributed by atoms with van der Waals surface area (Å²) in [5.41, 5.74) is 1.39. The van der Waals surface area contributed by atoms with Crippen molar-refractivity contribution < 1.29 is 0 Å². The van der Waals surface area contributed by atoms with E-state index in [9.17, 15) is 0 Å². The van der Waals surface area contributed by atoms with E-state index in [2.05, 4.69) is 30.2 Å². The molecule has 1 heterocycles. The maximum Gasteiger partial charge on any atom is 0.0299 e. The molecule has 0 aromatic carbocycles. The van der Waals surface area contributed by atoms with Gasteiger partial charge in [0, 0.05) is 12.4 Å². The van der Waals surface area contributed by atoms with E-state index in [-0.39, 0.29) is 0 Å². The standard InChI is InChI=1S/C15H24N2/c1-12(2)9-17-11-15-6-5-14(15)8-13-4-3-7-16-10-13/h3-4,7,10,12,14-15,17H,5-6,8-9,11H2,1-2H3. The molecule has 2 heteroatoms. The van der Waals surface area contributed by atoms with Crippen LogP contribution in [0.4, 0.5) is 0 Å². The summed E-state index contributed by atoms with van der Waals surface area (Å²) >= 11 is 0. The number of nitrogens with zero attached hydrogens (tertiary/aromatic N) is 1. The number of aromatic nitrogens is 1. The Balaban J connectivity index is 1.72. The average Bonchev–Trinajstić information content (AvgIpc) is 2.31. The zero-order chi connectivity index (χ0) is 12.1. The zero-order valence-corrected chi connectivity index (χ0v) is 11.0. The Morgan fingerprint density at radius 2 is 2.18 bits per heavy atom. The molecule has 0 bridgehead atoms. The van der Waals surface area contributed by atoms with E-state index in [0.29, 0.717) is 0 Å². The molecule has 1 aliphatic carbocycles. The van der Waals surface area contributed by atoms with Crippen molar-refractivity contribution in [1.29, 1.82) is 0 Å². The molecular weight excluding hydrogens is 208 g/mol. The van der Waals surface area contributed by atoms with Gasteiger partial charge in [0.1, 0.15) is 0 Å². The smallest absolute Gasteiger partial charge is 0.0299 e. The van der Waals surface area contributed by atoms with Gasteiger partial charge in [-0.25, -0.2) is 0 Å². The second kappa shape index (κ2) is 6.15. The van der Waals surface area contributed by atoms with E-state index in [1.54, 1.807) is 0 Å². The molecule has 1 aromatic rings. The number of pyridine rings is 1. The topological polar surface area (TPSA) is 24.9 Å². The second-order valence-corrected chi connectivity index (χ2v) is 5.72. The van der Waals surface area contributed by atoms with Gasteiger partial charge in [-0.15, -0.1) is 0 Å². The Bertz CT molecular complexity index is 321. The molecule has 0 spiro atoms. The van der Waals surface area contributed by atoms with E-state index in [0.717, 1.165) is 24.3 Å². The summed E-state index contributed by atoms with van der Waals surface area (Å²) in [7, 11) is 0. The molecule has 2 rings (SSSR count). The minimum absolute atomic E-state index is 0.756. The molecule has 2 nitrogen and oxygen atoms in total. The molecule has 0 amide bonds. The fourth-order valence-corrected chi connectivity index (χ4v) is 2.55. The molecule has 2 unspecified atom stereocenters. The van der Waals surface area contributed by atoms with Crippen molar-refractivity contribution in [2.24, 2.45) is 17.8 Å². The fraction of sp³-hybridized carbons (Fsp3) is 0.667. The first kappa shape index (κ1) is 12.6. The molecule has 0 aliphatic heterocycles. The Morgan fingerprint density at radius 3 is 2.76 bits per heavy atom. The third-order valence-corrected chi connectivity index (χ3v) is 3.75. The maximum atomic E-state index is 4.19. The summed E-state index contributed by atoms with van der Waals surface area (Å²) in [6, 6.07) is 4.24. The lowest BCUT2D eigenvalue weighted by atomic mass is 9.71. The van der Waals surface area contributed by atoms with Gasteiger partial charge in [0.25, 0.3) is 0 Å². The quantitative estimate of drug-likeness (QED) is 0.815. The van der Waals surface area contributed by atoms with E-state index in [1.807, 2.05) is 18.5 Å². The molecule has 1 fully saturated rings. The largest absolute Gasteiger partial charge is 0.316 e. The maximum absolute atomic E-state index is 4.19. The molecule has 1 saturated carbocycles. The molecule has 17 heavy (non-hydrogen) atoms. The lowest BCUT2D eigenvalue weighted by Crippen LogP contribution is -2.37. The first-order valence-corrected chi connectivity index (χ1v) is 6.85. The highest BCUT2D eigenvalue weighted by molar-refractivity contribution is 5.10. The van der Waals surface area contributed by atoms with Gasteiger partial charge in [-0.05, 0) is 61.7 Å². The van der Waals surface area contributed by atoms with Crippen LogP contribution in [0, 0.1) is 17.8 Å². The highest BCUT2D eigenvalue weighted by Gasteiger charge is 2.30. The summed E-state index contributed by atoms with van der Waals surface area (Å²) in [5.74, 6) is 2.51. The fourth-order valence-electron chi connectivity index (χ4n) is 2.55. The van der Waals surface area contributed by atoms with E-state index in [1.165, 1.54) is 31.4 Å². The van der Waals surface area contributed by atoms with Crippen molar-refractivity contribution >= 4 is 0 Å². The minimum atomic E-state index is 0.756. The van der Waals surface area contributed by atoms with E-state index in [4.69, 9.17) is 0 Å². The van der Waals surface area contributed by atoms with Gasteiger partial charge in [-0.2, -0.15) is 0 Å². The van der Waals surface area contributed by atoms with Crippen LogP contribution in [0.25, 0.3) is 0 Å². The van der Waals surface area contributed by atoms with Gasteiger partial charge >= 0.3 is 0 Å². The third-order valence-electron chi connectivity index (χ3n) is 3.75. The van der Waals surface area contributed by atoms with Crippen molar-refractivity contribution in [3.8, 4) is 0 Å². The van der Waals surface area contributed by atoms with Crippen LogP contribution in [0.15, 0.2) is 24.5 Å². The highest BCUT2D eigenvalue weighted by Crippen LogP contribution is 2.36. The van der Waals surface area contributed by atoms with Crippen LogP contribution in [0.2, 0.25) is 0 Å². The Morgan fingerprint density at radius 1 is 1.35 bits per heavy atom. The lowest BCUT2D eigenvalue weighted by Gasteiger charge is -2.37. The molecule has 1 aromatic heterocycles. The number of rotatable bonds is 6. The molecule has 0 radical (unpaired) electrons. The summed E-state index contributed by atoms with van der Waals surface area (Å²) in [5, 5.41) is 3.59. The Labute approximate surface area is 105 Å². The predicted octanol–water partition coefficient (Wildman–Crippen LogP) is 2.90. The first-order chi connectivity index (χ1) is 8.25. The van der Waals surface area contributed by atoms with Gasteiger partial charge < -0.3 is 5.32 Å². The Kier molecular flexibility index (Phi) is 4.55. The number of nitrogens with one attached hydrogen (secondary N) is 1. The number of hydrogen-bond donors (Lipinski definition) is 1. The van der Waals surface area contributed by atoms with Crippen LogP contribution >= 0.6 is 0 Å². The second-order valence-electron chi connectivity index (χ2n) is 5.72. The summed E-state index contributed by atoms with van der Waals surface area (Å²) < 4.78 is 0. The van der Waals surface area contributed by atoms with Gasteiger partial charge in [0.15, 0.2) is 0 Å². The molecule has 94 valence electrons. The van der Waals surface area contributed by atoms with Crippen LogP contribution in [0.5, 0.6) is 0 Å². The van der Waals surface area contributed by atoms with Gasteiger partial charge in [0.05, 0.1) is 0 Å². The van der Waals surface area contributed by atoms with Gasteiger partial charge in [-0.3, -0.25) is 4.98 Å². The Hall–Kier alpha value is -0.890. The van der Waals surface area contributed by atoms with Crippen LogP contribution < -0.4 is 5.32 Å². The summed E-state index contributed by atoms with van der Waals surface area (Å²) in [4.78, 5) is 4.19. The minimum Gasteiger partial charge on any atom is -0.316 e. The van der Waals surface area contributed by atoms with Gasteiger partial charge in [0.2, 0.25) is 0 Å². The van der Waals surface area contributed by atoms with Gasteiger partial charge in [-0.1, -0.05) is 19.9 Å². The predicted molar refractivity (Wildman–Crippen MR) is 71.9 cm³/mol. The van der Waals surface area contributed by atoms with Crippen molar-refractivity contribution in [3.63, 3.8) is 0 Å². The highest BCUT2D eigenvalue weighted by atomic mass is 14.9. The van der Waals surface area contributed by atoms with Crippen molar-refractivity contribution in [3.05, 3.63) is 30.1 Å². The van der Waals surface area contributed by atoms with Crippen molar-refractivity contribution in [2.45, 2.75) is 33.1 Å². The SMILES string of the molecule is CC(C)CNCC1CCC1Cc1cccnc1. The average molecular weight is 232 g/mol. The van der Waals surface area contributed by atoms with E-state index < -0.39 is 0 Å². The summed E-state index contributed by atoms with van der Waals surface area (Å²) in [6.45, 7) is 6.88. The van der Waals surface area contributed by atoms with Crippen molar-refractivity contribution in [2.75, 3.05) is 13.1 Å². The number of hydrogen-bond acceptors (Lipinski definition) is 2. The zero-order valence-electron chi connectivity index (χ0n) is 11.0. The third kappa shape index (κ3) is 3.81. The molecular formula is C15H24N2. The monoisotopic (exact) mass is 232 g/mol. The van der Waals surface area contributed by atoms with Crippen LogP contribution in [0.3, 0.4) is 0 Å². The molecule has 1 aliphatic rings. The molecule has 0 saturated heterocycles. The first-order valence-electron chi connectivity index (χ1n) is 6.85. The molecule has 1 N–H and O–H groups in total. The summed E-state index contributed by atoms with van der Waals surface area (Å²) in [6.07, 6.45) is 7.86. The lowest BCUT2D eigenvalue weighted by molar-refractivity contribution is 0.169. The van der Waals surface area contributed by atoms with E-state index >= 15 is 0 Å². The van der Waals surface area contributed by atoms with Crippen LogP contribution in [-0.2, 0) is 6.42 Å². The molecule has 2 atom stereocenters. The van der Waals surface area contributed by atoms with Crippen molar-refractivity contribution in [1.82, 2.24) is 10.3 Å². The van der Waals surface area contributed by atoms with Crippen LogP contribution in [0.1, 0.15) is 32.3 Å².